The second-order valence-electron chi connectivity index (χ2n) is 9.58. The molecule has 1 unspecified atom stereocenters. The first-order valence-corrected chi connectivity index (χ1v) is 12.0. The van der Waals surface area contributed by atoms with Gasteiger partial charge in [0.2, 0.25) is 0 Å². The standard InChI is InChI=1S/C27H20BF9O3/c29-25(30,31)20-9-3-6-17(14-20)23(18-7-4-10-21(15-18)26(32,33)34)12-1-2-13-24(23,40-28(38)39)19-8-5-11-22(16-19)27(35,36)37/h3-11,14-16H,1-2,12-13H2/q-2. The molecule has 0 aromatic heterocycles. The van der Waals surface area contributed by atoms with E-state index in [0.29, 0.717) is 24.3 Å². The molecule has 40 heavy (non-hydrogen) atoms. The van der Waals surface area contributed by atoms with E-state index in [1.54, 1.807) is 0 Å². The Balaban J connectivity index is 2.16. The number of rotatable bonds is 5. The number of hydrogen-bond acceptors (Lipinski definition) is 3. The molecule has 0 spiro atoms. The molecule has 0 N–H and O–H groups in total. The number of hydrogen-bond donors (Lipinski definition) is 0. The fourth-order valence-corrected chi connectivity index (χ4v) is 5.75. The van der Waals surface area contributed by atoms with Crippen LogP contribution in [0.3, 0.4) is 0 Å². The van der Waals surface area contributed by atoms with Crippen LogP contribution in [0, 0.1) is 0 Å². The molecule has 0 radical (unpaired) electrons. The highest BCUT2D eigenvalue weighted by Crippen LogP contribution is 2.59. The van der Waals surface area contributed by atoms with Gasteiger partial charge in [-0.3, -0.25) is 0 Å². The Labute approximate surface area is 223 Å². The molecule has 1 saturated carbocycles. The van der Waals surface area contributed by atoms with Gasteiger partial charge >= 0.3 is 18.5 Å². The van der Waals surface area contributed by atoms with E-state index >= 15 is 0 Å². The zero-order chi connectivity index (χ0) is 29.6. The summed E-state index contributed by atoms with van der Waals surface area (Å²) in [5.41, 5.74) is -8.90. The summed E-state index contributed by atoms with van der Waals surface area (Å²) in [6.45, 7) is 0. The zero-order valence-electron chi connectivity index (χ0n) is 20.5. The molecular formula is C27H20BF9O3-2. The lowest BCUT2D eigenvalue weighted by atomic mass is 9.53. The predicted molar refractivity (Wildman–Crippen MR) is 122 cm³/mol. The number of halogens is 9. The monoisotopic (exact) mass is 574 g/mol. The molecule has 3 aromatic carbocycles. The lowest BCUT2D eigenvalue weighted by Gasteiger charge is -2.58. The molecule has 1 aliphatic rings. The minimum absolute atomic E-state index is 0.155. The van der Waals surface area contributed by atoms with Crippen molar-refractivity contribution < 1.29 is 54.2 Å². The lowest BCUT2D eigenvalue weighted by molar-refractivity contribution is -0.394. The van der Waals surface area contributed by atoms with Crippen LogP contribution in [0.15, 0.2) is 72.8 Å². The second kappa shape index (κ2) is 10.4. The Hall–Kier alpha value is -3.03. The van der Waals surface area contributed by atoms with Gasteiger partial charge in [-0.05, 0) is 53.8 Å². The molecule has 0 bridgehead atoms. The largest absolute Gasteiger partial charge is 0.871 e. The highest BCUT2D eigenvalue weighted by atomic mass is 19.4. The first-order valence-electron chi connectivity index (χ1n) is 12.0. The second-order valence-corrected chi connectivity index (χ2v) is 9.58. The van der Waals surface area contributed by atoms with Gasteiger partial charge in [0.15, 0.2) is 0 Å². The number of alkyl halides is 9. The highest BCUT2D eigenvalue weighted by molar-refractivity contribution is 6.28. The topological polar surface area (TPSA) is 55.3 Å². The van der Waals surface area contributed by atoms with Crippen LogP contribution in [-0.4, -0.2) is 7.32 Å². The molecule has 3 aromatic rings. The van der Waals surface area contributed by atoms with Gasteiger partial charge in [-0.15, -0.1) is 0 Å². The summed E-state index contributed by atoms with van der Waals surface area (Å²) in [4.78, 5) is 0. The van der Waals surface area contributed by atoms with Crippen molar-refractivity contribution in [1.82, 2.24) is 0 Å². The molecule has 4 rings (SSSR count). The Morgan fingerprint density at radius 1 is 0.575 bits per heavy atom. The maximum atomic E-state index is 13.8. The molecular weight excluding hydrogens is 554 g/mol. The van der Waals surface area contributed by atoms with Crippen molar-refractivity contribution in [1.29, 1.82) is 0 Å². The van der Waals surface area contributed by atoms with Gasteiger partial charge in [0.1, 0.15) is 0 Å². The zero-order valence-corrected chi connectivity index (χ0v) is 20.5. The summed E-state index contributed by atoms with van der Waals surface area (Å²) in [7, 11) is -3.14. The average Bonchev–Trinajstić information content (AvgIpc) is 2.87. The van der Waals surface area contributed by atoms with Crippen LogP contribution in [0.1, 0.15) is 59.1 Å². The van der Waals surface area contributed by atoms with Crippen molar-refractivity contribution in [2.45, 2.75) is 55.2 Å². The average molecular weight is 574 g/mol. The van der Waals surface area contributed by atoms with Crippen LogP contribution < -0.4 is 10.0 Å². The molecule has 3 nitrogen and oxygen atoms in total. The third kappa shape index (κ3) is 5.46. The lowest BCUT2D eigenvalue weighted by Crippen LogP contribution is -2.61. The molecule has 214 valence electrons. The Morgan fingerprint density at radius 3 is 1.35 bits per heavy atom. The first kappa shape index (κ1) is 29.9. The maximum Gasteiger partial charge on any atom is 0.416 e. The molecule has 1 atom stereocenters. The molecule has 0 amide bonds. The van der Waals surface area contributed by atoms with Gasteiger partial charge in [0, 0.05) is 0 Å². The fourth-order valence-electron chi connectivity index (χ4n) is 5.75. The van der Waals surface area contributed by atoms with Gasteiger partial charge in [0.05, 0.1) is 35.0 Å². The van der Waals surface area contributed by atoms with E-state index < -0.39 is 53.6 Å². The van der Waals surface area contributed by atoms with Crippen molar-refractivity contribution in [2.75, 3.05) is 0 Å². The van der Waals surface area contributed by atoms with E-state index in [2.05, 4.69) is 0 Å². The summed E-state index contributed by atoms with van der Waals surface area (Å²) in [5, 5.41) is 24.2. The van der Waals surface area contributed by atoms with Crippen LogP contribution in [0.5, 0.6) is 0 Å². The Bertz CT molecular complexity index is 1290. The summed E-state index contributed by atoms with van der Waals surface area (Å²) >= 11 is 0. The van der Waals surface area contributed by atoms with Gasteiger partial charge in [-0.2, -0.15) is 39.5 Å². The number of benzene rings is 3. The van der Waals surface area contributed by atoms with Crippen LogP contribution in [0.4, 0.5) is 39.5 Å². The van der Waals surface area contributed by atoms with Gasteiger partial charge < -0.3 is 14.7 Å². The summed E-state index contributed by atoms with van der Waals surface area (Å²) in [6.07, 6.45) is -14.9. The summed E-state index contributed by atoms with van der Waals surface area (Å²) in [5.74, 6) is 0. The van der Waals surface area contributed by atoms with Gasteiger partial charge in [0.25, 0.3) is 0 Å². The van der Waals surface area contributed by atoms with E-state index in [1.165, 1.54) is 12.1 Å². The van der Waals surface area contributed by atoms with Gasteiger partial charge in [-0.1, -0.05) is 61.4 Å². The van der Waals surface area contributed by atoms with Crippen LogP contribution in [0.2, 0.25) is 0 Å². The van der Waals surface area contributed by atoms with Crippen molar-refractivity contribution in [3.63, 3.8) is 0 Å². The summed E-state index contributed by atoms with van der Waals surface area (Å²) < 4.78 is 129. The van der Waals surface area contributed by atoms with E-state index in [9.17, 15) is 49.6 Å². The van der Waals surface area contributed by atoms with Crippen LogP contribution in [0.25, 0.3) is 0 Å². The maximum absolute atomic E-state index is 13.8. The van der Waals surface area contributed by atoms with Crippen LogP contribution in [-0.2, 0) is 34.2 Å². The normalized spacial score (nSPS) is 19.9. The van der Waals surface area contributed by atoms with E-state index in [1.807, 2.05) is 0 Å². The first-order chi connectivity index (χ1) is 18.5. The molecule has 13 heteroatoms. The third-order valence-electron chi connectivity index (χ3n) is 7.34. The van der Waals surface area contributed by atoms with E-state index in [0.717, 1.165) is 36.4 Å². The molecule has 0 aliphatic heterocycles. The van der Waals surface area contributed by atoms with E-state index in [4.69, 9.17) is 4.65 Å². The third-order valence-corrected chi connectivity index (χ3v) is 7.34. The summed E-state index contributed by atoms with van der Waals surface area (Å²) in [6, 6.07) is 10.6. The molecule has 0 saturated heterocycles. The predicted octanol–water partition coefficient (Wildman–Crippen LogP) is 6.22. The van der Waals surface area contributed by atoms with Crippen molar-refractivity contribution >= 4 is 7.32 Å². The van der Waals surface area contributed by atoms with Crippen molar-refractivity contribution in [3.8, 4) is 0 Å². The molecule has 1 fully saturated rings. The molecule has 1 aliphatic carbocycles. The van der Waals surface area contributed by atoms with E-state index in [-0.39, 0.29) is 42.4 Å². The molecule has 0 heterocycles. The van der Waals surface area contributed by atoms with Gasteiger partial charge in [-0.25, -0.2) is 0 Å². The highest BCUT2D eigenvalue weighted by Gasteiger charge is 2.57. The Kier molecular flexibility index (Phi) is 7.80. The quantitative estimate of drug-likeness (QED) is 0.269. The minimum Gasteiger partial charge on any atom is -0.871 e. The van der Waals surface area contributed by atoms with Crippen LogP contribution >= 0.6 is 0 Å². The fraction of sp³-hybridized carbons (Fsp3) is 0.333. The Morgan fingerprint density at radius 2 is 0.950 bits per heavy atom. The minimum atomic E-state index is -4.89. The van der Waals surface area contributed by atoms with Crippen molar-refractivity contribution in [2.24, 2.45) is 0 Å². The SMILES string of the molecule is [O-]B([O-])OC1(c2cccc(C(F)(F)F)c2)CCCCC1(c1cccc(C(F)(F)F)c1)c1cccc(C(F)(F)F)c1. The van der Waals surface area contributed by atoms with Crippen molar-refractivity contribution in [3.05, 3.63) is 106 Å². The smallest absolute Gasteiger partial charge is 0.416 e.